The van der Waals surface area contributed by atoms with Crippen LogP contribution in [0.5, 0.6) is 11.5 Å². The summed E-state index contributed by atoms with van der Waals surface area (Å²) in [5.41, 5.74) is 2.40. The third kappa shape index (κ3) is 4.30. The Morgan fingerprint density at radius 2 is 1.83 bits per heavy atom. The molecule has 208 valence electrons. The van der Waals surface area contributed by atoms with E-state index in [9.17, 15) is 34.3 Å². The van der Waals surface area contributed by atoms with Gasteiger partial charge in [0.2, 0.25) is 11.8 Å². The van der Waals surface area contributed by atoms with Crippen molar-refractivity contribution in [1.29, 1.82) is 0 Å². The van der Waals surface area contributed by atoms with E-state index in [0.717, 1.165) is 10.5 Å². The summed E-state index contributed by atoms with van der Waals surface area (Å²) in [7, 11) is -1.77. The number of aromatic hydroxyl groups is 1. The Labute approximate surface area is 244 Å². The SMILES string of the molecule is CCOc1cc([C@H]2C3=CC[C@@H]4C(=O)N(c5cccc(B(O)O)c5)C(=O)[C@@H]4[C@@H]3CC3=C2C(=O)C=C(Br)C3=O)ccc1O. The van der Waals surface area contributed by atoms with Crippen molar-refractivity contribution in [2.45, 2.75) is 25.7 Å². The van der Waals surface area contributed by atoms with Crippen molar-refractivity contribution in [3.8, 4) is 11.5 Å². The van der Waals surface area contributed by atoms with Gasteiger partial charge in [-0.05, 0) is 76.9 Å². The molecule has 4 aliphatic rings. The van der Waals surface area contributed by atoms with Gasteiger partial charge in [-0.2, -0.15) is 0 Å². The van der Waals surface area contributed by atoms with E-state index in [0.29, 0.717) is 23.3 Å². The molecule has 3 N–H and O–H groups in total. The van der Waals surface area contributed by atoms with E-state index < -0.39 is 42.6 Å². The number of amides is 2. The Morgan fingerprint density at radius 1 is 1.05 bits per heavy atom. The molecular formula is C30H25BBrNO8. The quantitative estimate of drug-likeness (QED) is 0.201. The Hall–Kier alpha value is -3.80. The molecule has 4 atom stereocenters. The molecular weight excluding hydrogens is 593 g/mol. The fourth-order valence-corrected chi connectivity index (χ4v) is 7.09. The number of imide groups is 1. The normalized spacial score (nSPS) is 25.4. The Morgan fingerprint density at radius 3 is 2.56 bits per heavy atom. The van der Waals surface area contributed by atoms with E-state index in [-0.39, 0.29) is 51.5 Å². The number of halogens is 1. The number of nitrogens with zero attached hydrogens (tertiary/aromatic N) is 1. The molecule has 2 amide bonds. The Balaban J connectivity index is 1.47. The number of benzene rings is 2. The molecule has 2 aromatic carbocycles. The zero-order chi connectivity index (χ0) is 29.2. The third-order valence-electron chi connectivity index (χ3n) is 8.37. The molecule has 9 nitrogen and oxygen atoms in total. The number of hydrogen-bond acceptors (Lipinski definition) is 8. The second-order valence-electron chi connectivity index (χ2n) is 10.5. The van der Waals surface area contributed by atoms with Gasteiger partial charge in [0.1, 0.15) is 0 Å². The minimum atomic E-state index is -1.77. The van der Waals surface area contributed by atoms with Crippen LogP contribution in [0.1, 0.15) is 31.2 Å². The molecule has 0 bridgehead atoms. The summed E-state index contributed by atoms with van der Waals surface area (Å²) in [4.78, 5) is 55.5. The minimum Gasteiger partial charge on any atom is -0.504 e. The van der Waals surface area contributed by atoms with E-state index in [1.165, 1.54) is 24.3 Å². The van der Waals surface area contributed by atoms with Gasteiger partial charge in [-0.3, -0.25) is 24.1 Å². The van der Waals surface area contributed by atoms with Crippen LogP contribution in [-0.2, 0) is 19.2 Å². The summed E-state index contributed by atoms with van der Waals surface area (Å²) in [6, 6.07) is 10.8. The van der Waals surface area contributed by atoms with Gasteiger partial charge in [0, 0.05) is 23.1 Å². The largest absolute Gasteiger partial charge is 0.504 e. The van der Waals surface area contributed by atoms with Gasteiger partial charge >= 0.3 is 7.12 Å². The van der Waals surface area contributed by atoms with Gasteiger partial charge < -0.3 is 19.9 Å². The zero-order valence-corrected chi connectivity index (χ0v) is 23.5. The molecule has 3 aliphatic carbocycles. The van der Waals surface area contributed by atoms with Gasteiger partial charge in [-0.15, -0.1) is 0 Å². The lowest BCUT2D eigenvalue weighted by molar-refractivity contribution is -0.123. The van der Waals surface area contributed by atoms with E-state index in [1.54, 1.807) is 31.2 Å². The zero-order valence-electron chi connectivity index (χ0n) is 21.9. The molecule has 0 saturated carbocycles. The van der Waals surface area contributed by atoms with Gasteiger partial charge in [0.15, 0.2) is 23.1 Å². The fourth-order valence-electron chi connectivity index (χ4n) is 6.65. The summed E-state index contributed by atoms with van der Waals surface area (Å²) in [5.74, 6) is -3.99. The monoisotopic (exact) mass is 617 g/mol. The summed E-state index contributed by atoms with van der Waals surface area (Å²) in [5, 5.41) is 29.6. The maximum atomic E-state index is 14.0. The number of anilines is 1. The van der Waals surface area contributed by atoms with Crippen LogP contribution in [0.15, 0.2) is 75.8 Å². The summed E-state index contributed by atoms with van der Waals surface area (Å²) in [6.45, 7) is 2.09. The van der Waals surface area contributed by atoms with Gasteiger partial charge in [0.05, 0.1) is 28.6 Å². The first kappa shape index (κ1) is 27.4. The summed E-state index contributed by atoms with van der Waals surface area (Å²) >= 11 is 3.22. The molecule has 2 aromatic rings. The Bertz CT molecular complexity index is 1630. The van der Waals surface area contributed by atoms with Crippen molar-refractivity contribution < 1.29 is 39.1 Å². The molecule has 0 unspecified atom stereocenters. The van der Waals surface area contributed by atoms with Crippen LogP contribution >= 0.6 is 15.9 Å². The third-order valence-corrected chi connectivity index (χ3v) is 8.96. The summed E-state index contributed by atoms with van der Waals surface area (Å²) in [6.07, 6.45) is 3.54. The smallest absolute Gasteiger partial charge is 0.488 e. The number of Topliss-reactive ketones (excluding diaryl/α,β-unsaturated/α-hetero) is 1. The molecule has 1 fully saturated rings. The first-order chi connectivity index (χ1) is 19.6. The highest BCUT2D eigenvalue weighted by molar-refractivity contribution is 9.12. The van der Waals surface area contributed by atoms with Crippen LogP contribution in [-0.4, -0.2) is 52.3 Å². The highest BCUT2D eigenvalue weighted by Gasteiger charge is 2.56. The molecule has 6 rings (SSSR count). The maximum Gasteiger partial charge on any atom is 0.488 e. The molecule has 0 spiro atoms. The lowest BCUT2D eigenvalue weighted by atomic mass is 9.59. The number of carbonyl (C=O) groups is 4. The predicted octanol–water partition coefficient (Wildman–Crippen LogP) is 2.44. The lowest BCUT2D eigenvalue weighted by Gasteiger charge is -2.42. The average Bonchev–Trinajstić information content (AvgIpc) is 3.21. The average molecular weight is 618 g/mol. The first-order valence-corrected chi connectivity index (χ1v) is 14.1. The van der Waals surface area contributed by atoms with Crippen LogP contribution in [0.25, 0.3) is 0 Å². The molecule has 1 aliphatic heterocycles. The van der Waals surface area contributed by atoms with Crippen molar-refractivity contribution in [2.24, 2.45) is 17.8 Å². The van der Waals surface area contributed by atoms with E-state index in [1.807, 2.05) is 6.08 Å². The number of phenols is 1. The van der Waals surface area contributed by atoms with Crippen LogP contribution in [0, 0.1) is 17.8 Å². The number of ketones is 2. The number of ether oxygens (including phenoxy) is 1. The van der Waals surface area contributed by atoms with Crippen LogP contribution in [0.4, 0.5) is 5.69 Å². The second kappa shape index (κ2) is 10.2. The standard InChI is InChI=1S/C30H25BBrNO8/c1-2-41-24-10-14(6-9-22(24)34)25-17-7-8-18-26(19(17)12-20-27(25)23(35)13-21(32)28(20)36)30(38)33(29(18)37)16-5-3-4-15(11-16)31(39)40/h3-7,9-11,13,18-19,25-26,34,39-40H,2,8,12H2,1H3/t18-,19+,25-,26-/m0/s1. The van der Waals surface area contributed by atoms with Gasteiger partial charge in [-0.1, -0.05) is 29.8 Å². The van der Waals surface area contributed by atoms with Crippen molar-refractivity contribution in [2.75, 3.05) is 11.5 Å². The van der Waals surface area contributed by atoms with Crippen LogP contribution in [0.2, 0.25) is 0 Å². The number of phenolic OH excluding ortho intramolecular Hbond substituents is 1. The van der Waals surface area contributed by atoms with E-state index in [2.05, 4.69) is 15.9 Å². The highest BCUT2D eigenvalue weighted by Crippen LogP contribution is 2.56. The van der Waals surface area contributed by atoms with Crippen molar-refractivity contribution in [1.82, 2.24) is 0 Å². The Kier molecular flexibility index (Phi) is 6.84. The second-order valence-corrected chi connectivity index (χ2v) is 11.4. The molecule has 0 radical (unpaired) electrons. The van der Waals surface area contributed by atoms with Crippen molar-refractivity contribution >= 4 is 57.6 Å². The van der Waals surface area contributed by atoms with Crippen LogP contribution in [0.3, 0.4) is 0 Å². The number of rotatable bonds is 5. The first-order valence-electron chi connectivity index (χ1n) is 13.3. The highest BCUT2D eigenvalue weighted by atomic mass is 79.9. The van der Waals surface area contributed by atoms with Crippen molar-refractivity contribution in [3.05, 3.63) is 81.4 Å². The fraction of sp³-hybridized carbons (Fsp3) is 0.267. The lowest BCUT2D eigenvalue weighted by Crippen LogP contribution is -2.39. The molecule has 41 heavy (non-hydrogen) atoms. The van der Waals surface area contributed by atoms with E-state index in [4.69, 9.17) is 4.74 Å². The topological polar surface area (TPSA) is 141 Å². The summed E-state index contributed by atoms with van der Waals surface area (Å²) < 4.78 is 5.73. The number of hydrogen-bond donors (Lipinski definition) is 3. The number of allylic oxidation sites excluding steroid dienone is 6. The van der Waals surface area contributed by atoms with Crippen molar-refractivity contribution in [3.63, 3.8) is 0 Å². The maximum absolute atomic E-state index is 14.0. The molecule has 1 saturated heterocycles. The van der Waals surface area contributed by atoms with E-state index >= 15 is 0 Å². The number of fused-ring (bicyclic) bond motifs is 3. The van der Waals surface area contributed by atoms with Gasteiger partial charge in [0.25, 0.3) is 0 Å². The molecule has 1 heterocycles. The molecule has 11 heteroatoms. The number of carbonyl (C=O) groups excluding carboxylic acids is 4. The van der Waals surface area contributed by atoms with Crippen LogP contribution < -0.4 is 15.1 Å². The predicted molar refractivity (Wildman–Crippen MR) is 153 cm³/mol. The van der Waals surface area contributed by atoms with Gasteiger partial charge in [-0.25, -0.2) is 0 Å². The minimum absolute atomic E-state index is 0.0639. The molecule has 0 aromatic heterocycles.